The second-order valence-corrected chi connectivity index (χ2v) is 4.59. The van der Waals surface area contributed by atoms with Gasteiger partial charge in [0.15, 0.2) is 0 Å². The van der Waals surface area contributed by atoms with E-state index in [1.54, 1.807) is 24.5 Å². The Morgan fingerprint density at radius 1 is 1.40 bits per heavy atom. The van der Waals surface area contributed by atoms with E-state index in [0.717, 1.165) is 5.76 Å². The maximum Gasteiger partial charge on any atom is 0.340 e. The van der Waals surface area contributed by atoms with Crippen LogP contribution in [0.25, 0.3) is 0 Å². The quantitative estimate of drug-likeness (QED) is 0.647. The fourth-order valence-corrected chi connectivity index (χ4v) is 2.04. The summed E-state index contributed by atoms with van der Waals surface area (Å²) in [6, 6.07) is 8.98. The lowest BCUT2D eigenvalue weighted by Crippen LogP contribution is -2.21. The van der Waals surface area contributed by atoms with Gasteiger partial charge in [0.1, 0.15) is 5.76 Å². The third kappa shape index (κ3) is 3.12. The molecule has 5 heteroatoms. The zero-order chi connectivity index (χ0) is 14.5. The summed E-state index contributed by atoms with van der Waals surface area (Å²) in [7, 11) is 1.35. The predicted molar refractivity (Wildman–Crippen MR) is 77.7 cm³/mol. The number of ether oxygens (including phenoxy) is 1. The van der Waals surface area contributed by atoms with E-state index in [0.29, 0.717) is 23.4 Å². The van der Waals surface area contributed by atoms with Crippen molar-refractivity contribution in [3.05, 3.63) is 47.9 Å². The van der Waals surface area contributed by atoms with E-state index >= 15 is 0 Å². The third-order valence-corrected chi connectivity index (χ3v) is 2.98. The lowest BCUT2D eigenvalue weighted by Gasteiger charge is -2.18. The number of nitrogens with one attached hydrogen (secondary N) is 1. The molecule has 1 aromatic heterocycles. The van der Waals surface area contributed by atoms with Crippen LogP contribution in [0.15, 0.2) is 41.0 Å². The van der Waals surface area contributed by atoms with Crippen molar-refractivity contribution in [3.63, 3.8) is 0 Å². The zero-order valence-electron chi connectivity index (χ0n) is 11.6. The molecule has 1 aromatic carbocycles. The van der Waals surface area contributed by atoms with E-state index in [4.69, 9.17) is 14.9 Å². The number of carbonyl (C=O) groups excluding carboxylic acids is 1. The fraction of sp³-hybridized carbons (Fsp3) is 0.267. The zero-order valence-corrected chi connectivity index (χ0v) is 11.6. The molecule has 5 nitrogen and oxygen atoms in total. The fourth-order valence-electron chi connectivity index (χ4n) is 2.04. The summed E-state index contributed by atoms with van der Waals surface area (Å²) >= 11 is 0. The number of benzene rings is 1. The number of carbonyl (C=O) groups is 1. The van der Waals surface area contributed by atoms with Gasteiger partial charge in [-0.1, -0.05) is 6.07 Å². The van der Waals surface area contributed by atoms with E-state index in [1.165, 1.54) is 7.11 Å². The Kier molecular flexibility index (Phi) is 4.30. The van der Waals surface area contributed by atoms with Gasteiger partial charge in [0.25, 0.3) is 0 Å². The molecule has 2 aromatic rings. The van der Waals surface area contributed by atoms with Crippen molar-refractivity contribution >= 4 is 17.3 Å². The average molecular weight is 274 g/mol. The molecule has 3 N–H and O–H groups in total. The number of anilines is 2. The summed E-state index contributed by atoms with van der Waals surface area (Å²) in [5, 5.41) is 3.25. The Morgan fingerprint density at radius 2 is 2.20 bits per heavy atom. The number of furan rings is 1. The number of hydrogen-bond acceptors (Lipinski definition) is 5. The minimum absolute atomic E-state index is 0.0641. The Balaban J connectivity index is 2.17. The molecule has 2 rings (SSSR count). The smallest absolute Gasteiger partial charge is 0.340 e. The first-order valence-electron chi connectivity index (χ1n) is 6.37. The van der Waals surface area contributed by atoms with Crippen LogP contribution < -0.4 is 11.1 Å². The largest absolute Gasteiger partial charge is 0.469 e. The molecule has 0 aliphatic heterocycles. The van der Waals surface area contributed by atoms with Gasteiger partial charge in [0.2, 0.25) is 0 Å². The highest BCUT2D eigenvalue weighted by Crippen LogP contribution is 2.25. The van der Waals surface area contributed by atoms with Crippen molar-refractivity contribution in [2.24, 2.45) is 0 Å². The highest BCUT2D eigenvalue weighted by molar-refractivity contribution is 5.98. The molecule has 0 aliphatic carbocycles. The molecule has 1 unspecified atom stereocenters. The van der Waals surface area contributed by atoms with Gasteiger partial charge in [-0.05, 0) is 31.2 Å². The minimum Gasteiger partial charge on any atom is -0.469 e. The molecule has 20 heavy (non-hydrogen) atoms. The van der Waals surface area contributed by atoms with Crippen LogP contribution in [0.2, 0.25) is 0 Å². The lowest BCUT2D eigenvalue weighted by molar-refractivity contribution is 0.0602. The number of methoxy groups -OCH3 is 1. The number of rotatable bonds is 5. The second-order valence-electron chi connectivity index (χ2n) is 4.59. The first-order chi connectivity index (χ1) is 9.61. The topological polar surface area (TPSA) is 77.5 Å². The lowest BCUT2D eigenvalue weighted by atomic mass is 10.1. The molecule has 0 aliphatic rings. The molecule has 0 spiro atoms. The van der Waals surface area contributed by atoms with Gasteiger partial charge in [-0.2, -0.15) is 0 Å². The summed E-state index contributed by atoms with van der Waals surface area (Å²) in [5.74, 6) is 0.462. The van der Waals surface area contributed by atoms with Crippen LogP contribution >= 0.6 is 0 Å². The highest BCUT2D eigenvalue weighted by atomic mass is 16.5. The van der Waals surface area contributed by atoms with Crippen molar-refractivity contribution in [1.82, 2.24) is 0 Å². The highest BCUT2D eigenvalue weighted by Gasteiger charge is 2.16. The predicted octanol–water partition coefficient (Wildman–Crippen LogP) is 2.69. The number of para-hydroxylation sites is 1. The van der Waals surface area contributed by atoms with E-state index in [9.17, 15) is 4.79 Å². The molecular formula is C15H18N2O3. The molecule has 0 saturated carbocycles. The van der Waals surface area contributed by atoms with Crippen LogP contribution in [-0.2, 0) is 11.2 Å². The van der Waals surface area contributed by atoms with Crippen molar-refractivity contribution < 1.29 is 13.9 Å². The van der Waals surface area contributed by atoms with Gasteiger partial charge in [-0.3, -0.25) is 0 Å². The number of esters is 1. The average Bonchev–Trinajstić information content (AvgIpc) is 2.93. The summed E-state index contributed by atoms with van der Waals surface area (Å²) < 4.78 is 10.1. The Labute approximate surface area is 117 Å². The van der Waals surface area contributed by atoms with Gasteiger partial charge in [0.05, 0.1) is 30.3 Å². The molecule has 0 amide bonds. The number of hydrogen-bond donors (Lipinski definition) is 2. The van der Waals surface area contributed by atoms with Crippen LogP contribution in [0.4, 0.5) is 11.4 Å². The van der Waals surface area contributed by atoms with Gasteiger partial charge < -0.3 is 20.2 Å². The molecular weight excluding hydrogens is 256 g/mol. The molecule has 0 saturated heterocycles. The van der Waals surface area contributed by atoms with Crippen molar-refractivity contribution in [2.45, 2.75) is 19.4 Å². The third-order valence-electron chi connectivity index (χ3n) is 2.98. The first kappa shape index (κ1) is 14.0. The summed E-state index contributed by atoms with van der Waals surface area (Å²) in [5.41, 5.74) is 7.48. The summed E-state index contributed by atoms with van der Waals surface area (Å²) in [6.45, 7) is 2.00. The monoisotopic (exact) mass is 274 g/mol. The molecule has 1 atom stereocenters. The normalized spacial score (nSPS) is 11.9. The van der Waals surface area contributed by atoms with Crippen LogP contribution in [0.5, 0.6) is 0 Å². The number of nitrogen functional groups attached to an aromatic ring is 1. The van der Waals surface area contributed by atoms with Crippen LogP contribution in [0.3, 0.4) is 0 Å². The molecule has 106 valence electrons. The van der Waals surface area contributed by atoms with Crippen LogP contribution in [0.1, 0.15) is 23.0 Å². The van der Waals surface area contributed by atoms with Gasteiger partial charge >= 0.3 is 5.97 Å². The summed E-state index contributed by atoms with van der Waals surface area (Å²) in [6.07, 6.45) is 2.33. The van der Waals surface area contributed by atoms with Crippen molar-refractivity contribution in [1.29, 1.82) is 0 Å². The molecule has 0 radical (unpaired) electrons. The van der Waals surface area contributed by atoms with Crippen molar-refractivity contribution in [3.8, 4) is 0 Å². The van der Waals surface area contributed by atoms with Crippen LogP contribution in [0, 0.1) is 0 Å². The minimum atomic E-state index is -0.412. The maximum atomic E-state index is 11.7. The van der Waals surface area contributed by atoms with E-state index in [-0.39, 0.29) is 6.04 Å². The SMILES string of the molecule is COC(=O)c1cccc(N)c1NC(C)Cc1ccco1. The van der Waals surface area contributed by atoms with E-state index in [1.807, 2.05) is 19.1 Å². The van der Waals surface area contributed by atoms with Crippen LogP contribution in [-0.4, -0.2) is 19.1 Å². The first-order valence-corrected chi connectivity index (χ1v) is 6.37. The molecule has 0 fully saturated rings. The Bertz CT molecular complexity index is 579. The van der Waals surface area contributed by atoms with Gasteiger partial charge in [-0.15, -0.1) is 0 Å². The molecule has 0 bridgehead atoms. The van der Waals surface area contributed by atoms with Gasteiger partial charge in [0, 0.05) is 12.5 Å². The van der Waals surface area contributed by atoms with Gasteiger partial charge in [-0.25, -0.2) is 4.79 Å². The van der Waals surface area contributed by atoms with E-state index in [2.05, 4.69) is 5.32 Å². The summed E-state index contributed by atoms with van der Waals surface area (Å²) in [4.78, 5) is 11.7. The maximum absolute atomic E-state index is 11.7. The Hall–Kier alpha value is -2.43. The second kappa shape index (κ2) is 6.14. The Morgan fingerprint density at radius 3 is 2.85 bits per heavy atom. The van der Waals surface area contributed by atoms with E-state index < -0.39 is 5.97 Å². The number of nitrogens with two attached hydrogens (primary N) is 1. The molecule has 1 heterocycles. The standard InChI is InChI=1S/C15H18N2O3/c1-10(9-11-5-4-8-20-11)17-14-12(15(18)19-2)6-3-7-13(14)16/h3-8,10,17H,9,16H2,1-2H3. The van der Waals surface area contributed by atoms with Crippen molar-refractivity contribution in [2.75, 3.05) is 18.2 Å².